The number of thiazole rings is 1. The maximum Gasteiger partial charge on any atom is 0.146 e. The van der Waals surface area contributed by atoms with Gasteiger partial charge >= 0.3 is 0 Å². The summed E-state index contributed by atoms with van der Waals surface area (Å²) < 4.78 is 0. The predicted octanol–water partition coefficient (Wildman–Crippen LogP) is 3.16. The predicted molar refractivity (Wildman–Crippen MR) is 77.9 cm³/mol. The van der Waals surface area contributed by atoms with E-state index in [2.05, 4.69) is 16.4 Å². The number of aromatic nitrogens is 1. The van der Waals surface area contributed by atoms with Gasteiger partial charge in [0.05, 0.1) is 17.1 Å². The minimum atomic E-state index is 0.0134. The number of rotatable bonds is 3. The fourth-order valence-electron chi connectivity index (χ4n) is 2.59. The smallest absolute Gasteiger partial charge is 0.146 e. The summed E-state index contributed by atoms with van der Waals surface area (Å²) in [7, 11) is 0. The molecule has 1 atom stereocenters. The second-order valence-electron chi connectivity index (χ2n) is 4.86. The molecule has 19 heavy (non-hydrogen) atoms. The Bertz CT molecular complexity index is 606. The number of fused-ring (bicyclic) bond motifs is 1. The van der Waals surface area contributed by atoms with Crippen LogP contribution in [-0.2, 0) is 11.2 Å². The molecule has 98 valence electrons. The first kappa shape index (κ1) is 12.4. The lowest BCUT2D eigenvalue weighted by Crippen LogP contribution is -2.24. The second kappa shape index (κ2) is 5.13. The number of hydrogen-bond acceptors (Lipinski definition) is 4. The summed E-state index contributed by atoms with van der Waals surface area (Å²) in [6.07, 6.45) is 1.32. The molecule has 1 N–H and O–H groups in total. The number of carbonyl (C=O) groups is 1. The Morgan fingerprint density at radius 1 is 1.47 bits per heavy atom. The average molecular weight is 272 g/mol. The summed E-state index contributed by atoms with van der Waals surface area (Å²) in [4.78, 5) is 16.9. The van der Waals surface area contributed by atoms with Gasteiger partial charge in [0.25, 0.3) is 0 Å². The van der Waals surface area contributed by atoms with E-state index in [4.69, 9.17) is 0 Å². The zero-order valence-electron chi connectivity index (χ0n) is 10.8. The summed E-state index contributed by atoms with van der Waals surface area (Å²) in [6, 6.07) is 8.10. The standard InChI is InChI=1S/C15H16N2OS/c1-10-17-11(9-19-10)8-15(18)13-6-7-16-14-5-3-2-4-12(13)14/h2-5,9,13,16H,6-8H2,1H3. The average Bonchev–Trinajstić information content (AvgIpc) is 2.83. The minimum absolute atomic E-state index is 0.0134. The third kappa shape index (κ3) is 2.54. The monoisotopic (exact) mass is 272 g/mol. The Kier molecular flexibility index (Phi) is 3.34. The molecule has 3 nitrogen and oxygen atoms in total. The van der Waals surface area contributed by atoms with Crippen molar-refractivity contribution in [3.8, 4) is 0 Å². The lowest BCUT2D eigenvalue weighted by molar-refractivity contribution is -0.120. The number of hydrogen-bond donors (Lipinski definition) is 1. The lowest BCUT2D eigenvalue weighted by atomic mass is 9.86. The van der Waals surface area contributed by atoms with Crippen molar-refractivity contribution in [2.45, 2.75) is 25.7 Å². The second-order valence-corrected chi connectivity index (χ2v) is 5.92. The molecule has 1 aromatic carbocycles. The van der Waals surface area contributed by atoms with Gasteiger partial charge in [-0.15, -0.1) is 11.3 Å². The number of ketones is 1. The maximum absolute atomic E-state index is 12.5. The van der Waals surface area contributed by atoms with Gasteiger partial charge in [0, 0.05) is 23.5 Å². The van der Waals surface area contributed by atoms with E-state index in [9.17, 15) is 4.79 Å². The topological polar surface area (TPSA) is 42.0 Å². The largest absolute Gasteiger partial charge is 0.385 e. The van der Waals surface area contributed by atoms with Gasteiger partial charge in [-0.25, -0.2) is 4.98 Å². The Balaban J connectivity index is 1.81. The molecule has 0 fully saturated rings. The Hall–Kier alpha value is -1.68. The van der Waals surface area contributed by atoms with Crippen LogP contribution < -0.4 is 5.32 Å². The van der Waals surface area contributed by atoms with E-state index in [1.54, 1.807) is 11.3 Å². The van der Waals surface area contributed by atoms with Crippen molar-refractivity contribution in [1.82, 2.24) is 4.98 Å². The normalized spacial score (nSPS) is 17.6. The van der Waals surface area contributed by atoms with Crippen LogP contribution in [0.5, 0.6) is 0 Å². The van der Waals surface area contributed by atoms with Gasteiger partial charge in [-0.3, -0.25) is 4.79 Å². The molecular formula is C15H16N2OS. The van der Waals surface area contributed by atoms with E-state index in [0.717, 1.165) is 34.9 Å². The van der Waals surface area contributed by atoms with Crippen LogP contribution in [0.25, 0.3) is 0 Å². The van der Waals surface area contributed by atoms with Crippen LogP contribution in [0.3, 0.4) is 0 Å². The first-order chi connectivity index (χ1) is 9.24. The van der Waals surface area contributed by atoms with Crippen molar-refractivity contribution in [2.24, 2.45) is 0 Å². The summed E-state index contributed by atoms with van der Waals surface area (Å²) in [5, 5.41) is 6.36. The first-order valence-corrected chi connectivity index (χ1v) is 7.38. The molecule has 2 heterocycles. The zero-order valence-corrected chi connectivity index (χ0v) is 11.7. The molecule has 0 amide bonds. The van der Waals surface area contributed by atoms with Gasteiger partial charge in [0.2, 0.25) is 0 Å². The third-order valence-corrected chi connectivity index (χ3v) is 4.32. The number of para-hydroxylation sites is 1. The zero-order chi connectivity index (χ0) is 13.2. The number of Topliss-reactive ketones (excluding diaryl/α,β-unsaturated/α-hetero) is 1. The molecule has 1 aromatic heterocycles. The van der Waals surface area contributed by atoms with Crippen molar-refractivity contribution in [2.75, 3.05) is 11.9 Å². The van der Waals surface area contributed by atoms with Crippen molar-refractivity contribution >= 4 is 22.8 Å². The quantitative estimate of drug-likeness (QED) is 0.933. The van der Waals surface area contributed by atoms with Crippen molar-refractivity contribution in [3.05, 3.63) is 45.9 Å². The molecule has 0 bridgehead atoms. The van der Waals surface area contributed by atoms with Crippen LogP contribution in [-0.4, -0.2) is 17.3 Å². The maximum atomic E-state index is 12.5. The molecule has 0 saturated carbocycles. The summed E-state index contributed by atoms with van der Waals surface area (Å²) in [5.41, 5.74) is 3.13. The Morgan fingerprint density at radius 3 is 3.11 bits per heavy atom. The SMILES string of the molecule is Cc1nc(CC(=O)C2CCNc3ccccc32)cs1. The highest BCUT2D eigenvalue weighted by Crippen LogP contribution is 2.32. The van der Waals surface area contributed by atoms with E-state index >= 15 is 0 Å². The van der Waals surface area contributed by atoms with Crippen molar-refractivity contribution < 1.29 is 4.79 Å². The highest BCUT2D eigenvalue weighted by Gasteiger charge is 2.26. The van der Waals surface area contributed by atoms with Gasteiger partial charge < -0.3 is 5.32 Å². The van der Waals surface area contributed by atoms with Crippen molar-refractivity contribution in [3.63, 3.8) is 0 Å². The van der Waals surface area contributed by atoms with Crippen LogP contribution >= 0.6 is 11.3 Å². The van der Waals surface area contributed by atoms with Gasteiger partial charge in [0.15, 0.2) is 0 Å². The van der Waals surface area contributed by atoms with E-state index < -0.39 is 0 Å². The number of benzene rings is 1. The van der Waals surface area contributed by atoms with Gasteiger partial charge in [-0.1, -0.05) is 18.2 Å². The number of aryl methyl sites for hydroxylation is 1. The lowest BCUT2D eigenvalue weighted by Gasteiger charge is -2.25. The molecule has 0 spiro atoms. The molecule has 2 aromatic rings. The van der Waals surface area contributed by atoms with Crippen LogP contribution in [0.4, 0.5) is 5.69 Å². The third-order valence-electron chi connectivity index (χ3n) is 3.50. The molecule has 1 aliphatic rings. The number of anilines is 1. The molecule has 0 radical (unpaired) electrons. The van der Waals surface area contributed by atoms with Crippen LogP contribution in [0.2, 0.25) is 0 Å². The first-order valence-electron chi connectivity index (χ1n) is 6.50. The van der Waals surface area contributed by atoms with Gasteiger partial charge in [0.1, 0.15) is 5.78 Å². The van der Waals surface area contributed by atoms with Gasteiger partial charge in [-0.05, 0) is 25.0 Å². The fraction of sp³-hybridized carbons (Fsp3) is 0.333. The van der Waals surface area contributed by atoms with Gasteiger partial charge in [-0.2, -0.15) is 0 Å². The van der Waals surface area contributed by atoms with Crippen LogP contribution in [0.15, 0.2) is 29.6 Å². The fourth-order valence-corrected chi connectivity index (χ4v) is 3.21. The van der Waals surface area contributed by atoms with E-state index in [1.165, 1.54) is 0 Å². The Labute approximate surface area is 116 Å². The number of nitrogens with zero attached hydrogens (tertiary/aromatic N) is 1. The molecule has 1 aliphatic heterocycles. The summed E-state index contributed by atoms with van der Waals surface area (Å²) >= 11 is 1.60. The van der Waals surface area contributed by atoms with E-state index in [-0.39, 0.29) is 11.7 Å². The van der Waals surface area contributed by atoms with E-state index in [0.29, 0.717) is 6.42 Å². The molecule has 4 heteroatoms. The summed E-state index contributed by atoms with van der Waals surface area (Å²) in [5.74, 6) is 0.290. The van der Waals surface area contributed by atoms with Crippen LogP contribution in [0.1, 0.15) is 28.6 Å². The molecule has 0 saturated heterocycles. The van der Waals surface area contributed by atoms with Crippen molar-refractivity contribution in [1.29, 1.82) is 0 Å². The number of nitrogens with one attached hydrogen (secondary N) is 1. The van der Waals surface area contributed by atoms with E-state index in [1.807, 2.05) is 30.5 Å². The molecule has 3 rings (SSSR count). The highest BCUT2D eigenvalue weighted by atomic mass is 32.1. The highest BCUT2D eigenvalue weighted by molar-refractivity contribution is 7.09. The number of carbonyl (C=O) groups excluding carboxylic acids is 1. The minimum Gasteiger partial charge on any atom is -0.385 e. The molecule has 1 unspecified atom stereocenters. The molecule has 0 aliphatic carbocycles. The summed E-state index contributed by atoms with van der Waals surface area (Å²) in [6.45, 7) is 2.84. The molecular weight excluding hydrogens is 256 g/mol. The Morgan fingerprint density at radius 2 is 2.32 bits per heavy atom. The van der Waals surface area contributed by atoms with Crippen LogP contribution in [0, 0.1) is 6.92 Å².